The fourth-order valence-electron chi connectivity index (χ4n) is 4.22. The molecule has 1 aromatic rings. The van der Waals surface area contributed by atoms with Crippen LogP contribution < -0.4 is 15.4 Å². The van der Waals surface area contributed by atoms with Crippen molar-refractivity contribution in [1.29, 1.82) is 0 Å². The summed E-state index contributed by atoms with van der Waals surface area (Å²) in [6.07, 6.45) is 4.97. The van der Waals surface area contributed by atoms with Crippen LogP contribution >= 0.6 is 0 Å². The molecule has 1 aliphatic heterocycles. The Bertz CT molecular complexity index is 921. The third-order valence-electron chi connectivity index (χ3n) is 6.40. The Morgan fingerprint density at radius 1 is 1.24 bits per heavy atom. The fraction of sp³-hybridized carbons (Fsp3) is 0.524. The largest absolute Gasteiger partial charge is 0.340 e. The molecule has 2 saturated carbocycles. The van der Waals surface area contributed by atoms with Gasteiger partial charge < -0.3 is 10.6 Å². The van der Waals surface area contributed by atoms with E-state index >= 15 is 0 Å². The Hall–Kier alpha value is -2.19. The number of benzene rings is 1. The van der Waals surface area contributed by atoms with E-state index in [-0.39, 0.29) is 17.9 Å². The Balaban J connectivity index is 1.47. The molecule has 3 fully saturated rings. The molecule has 4 rings (SSSR count). The molecular formula is C21H27N3O4S. The minimum Gasteiger partial charge on any atom is -0.340 e. The molecule has 8 heteroatoms. The summed E-state index contributed by atoms with van der Waals surface area (Å²) in [7, 11) is -3.88. The number of amides is 2. The molecule has 29 heavy (non-hydrogen) atoms. The van der Waals surface area contributed by atoms with Crippen LogP contribution in [0.3, 0.4) is 0 Å². The zero-order valence-electron chi connectivity index (χ0n) is 16.3. The topological polar surface area (TPSA) is 104 Å². The van der Waals surface area contributed by atoms with Crippen molar-refractivity contribution in [2.24, 2.45) is 5.92 Å². The molecule has 0 aromatic heterocycles. The van der Waals surface area contributed by atoms with Crippen LogP contribution in [0.5, 0.6) is 0 Å². The van der Waals surface area contributed by atoms with Crippen LogP contribution in [0.15, 0.2) is 43.0 Å². The summed E-state index contributed by atoms with van der Waals surface area (Å²) in [5, 5.41) is 5.91. The van der Waals surface area contributed by atoms with E-state index in [1.54, 1.807) is 6.08 Å². The average molecular weight is 418 g/mol. The second kappa shape index (κ2) is 7.25. The molecule has 0 radical (unpaired) electrons. The first-order valence-electron chi connectivity index (χ1n) is 10.1. The van der Waals surface area contributed by atoms with Gasteiger partial charge in [0, 0.05) is 5.92 Å². The Kier molecular flexibility index (Phi) is 5.02. The van der Waals surface area contributed by atoms with Gasteiger partial charge in [0.25, 0.3) is 5.91 Å². The van der Waals surface area contributed by atoms with E-state index < -0.39 is 26.2 Å². The molecular weight excluding hydrogens is 390 g/mol. The second-order valence-electron chi connectivity index (χ2n) is 8.44. The summed E-state index contributed by atoms with van der Waals surface area (Å²) in [5.41, 5.74) is -0.299. The van der Waals surface area contributed by atoms with Crippen LogP contribution in [-0.2, 0) is 26.0 Å². The first kappa shape index (κ1) is 20.1. The predicted octanol–water partition coefficient (Wildman–Crippen LogP) is 1.02. The van der Waals surface area contributed by atoms with Crippen LogP contribution in [0.1, 0.15) is 37.7 Å². The highest BCUT2D eigenvalue weighted by atomic mass is 32.2. The van der Waals surface area contributed by atoms with Crippen molar-refractivity contribution >= 4 is 21.8 Å². The maximum Gasteiger partial charge on any atom is 0.259 e. The van der Waals surface area contributed by atoms with Crippen LogP contribution in [0.4, 0.5) is 0 Å². The third-order valence-corrected chi connectivity index (χ3v) is 8.55. The van der Waals surface area contributed by atoms with Crippen LogP contribution in [0.25, 0.3) is 0 Å². The standard InChI is InChI=1S/C21H27N3O4S/c1-2-16-14-21(16,23-18(25)17-9-6-12-22-17)19(26)24-29(27,28)20(10-11-20)13-15-7-4-3-5-8-15/h2-5,7-8,16-17,22H,1,6,9-14H2,(H,23,25)(H,24,26). The summed E-state index contributed by atoms with van der Waals surface area (Å²) in [5.74, 6) is -1.19. The zero-order valence-corrected chi connectivity index (χ0v) is 17.1. The number of rotatable bonds is 8. The van der Waals surface area contributed by atoms with Crippen molar-refractivity contribution in [1.82, 2.24) is 15.4 Å². The lowest BCUT2D eigenvalue weighted by Crippen LogP contribution is -2.56. The molecule has 3 N–H and O–H groups in total. The predicted molar refractivity (Wildman–Crippen MR) is 109 cm³/mol. The van der Waals surface area contributed by atoms with Gasteiger partial charge in [0.05, 0.1) is 10.8 Å². The molecule has 3 aliphatic rings. The van der Waals surface area contributed by atoms with Crippen molar-refractivity contribution in [3.05, 3.63) is 48.6 Å². The van der Waals surface area contributed by atoms with E-state index in [1.165, 1.54) is 0 Å². The summed E-state index contributed by atoms with van der Waals surface area (Å²) < 4.78 is 27.5. The zero-order chi connectivity index (χ0) is 20.7. The van der Waals surface area contributed by atoms with Gasteiger partial charge in [-0.25, -0.2) is 8.42 Å². The highest BCUT2D eigenvalue weighted by molar-refractivity contribution is 7.91. The van der Waals surface area contributed by atoms with Crippen LogP contribution in [0, 0.1) is 5.92 Å². The number of carbonyl (C=O) groups excluding carboxylic acids is 2. The van der Waals surface area contributed by atoms with Gasteiger partial charge >= 0.3 is 0 Å². The fourth-order valence-corrected chi connectivity index (χ4v) is 5.86. The summed E-state index contributed by atoms with van der Waals surface area (Å²) in [6, 6.07) is 9.07. The van der Waals surface area contributed by atoms with Gasteiger partial charge in [-0.15, -0.1) is 6.58 Å². The van der Waals surface area contributed by atoms with Crippen molar-refractivity contribution in [2.75, 3.05) is 6.54 Å². The lowest BCUT2D eigenvalue weighted by molar-refractivity contribution is -0.130. The number of nitrogens with one attached hydrogen (secondary N) is 3. The van der Waals surface area contributed by atoms with E-state index in [1.807, 2.05) is 30.3 Å². The minimum absolute atomic E-state index is 0.259. The Labute approximate surface area is 171 Å². The van der Waals surface area contributed by atoms with Crippen molar-refractivity contribution in [3.8, 4) is 0 Å². The molecule has 1 aromatic carbocycles. The highest BCUT2D eigenvalue weighted by Gasteiger charge is 2.63. The smallest absolute Gasteiger partial charge is 0.259 e. The summed E-state index contributed by atoms with van der Waals surface area (Å²) in [6.45, 7) is 4.48. The molecule has 156 valence electrons. The maximum atomic E-state index is 13.1. The van der Waals surface area contributed by atoms with E-state index in [4.69, 9.17) is 0 Å². The normalized spacial score (nSPS) is 29.7. The van der Waals surface area contributed by atoms with E-state index in [0.717, 1.165) is 18.5 Å². The van der Waals surface area contributed by atoms with Crippen LogP contribution in [-0.4, -0.2) is 43.1 Å². The molecule has 7 nitrogen and oxygen atoms in total. The number of hydrogen-bond acceptors (Lipinski definition) is 5. The molecule has 3 atom stereocenters. The number of carbonyl (C=O) groups is 2. The van der Waals surface area contributed by atoms with Gasteiger partial charge in [-0.3, -0.25) is 14.3 Å². The molecule has 2 amide bonds. The molecule has 1 heterocycles. The van der Waals surface area contributed by atoms with Gasteiger partial charge in [0.1, 0.15) is 5.54 Å². The van der Waals surface area contributed by atoms with E-state index in [9.17, 15) is 18.0 Å². The van der Waals surface area contributed by atoms with Crippen molar-refractivity contribution in [3.63, 3.8) is 0 Å². The SMILES string of the molecule is C=CC1CC1(NC(=O)C1CCCN1)C(=O)NS(=O)(=O)C1(Cc2ccccc2)CC1. The minimum atomic E-state index is -3.88. The van der Waals surface area contributed by atoms with E-state index in [0.29, 0.717) is 32.1 Å². The average Bonchev–Trinajstić information content (AvgIpc) is 3.56. The second-order valence-corrected chi connectivity index (χ2v) is 10.5. The van der Waals surface area contributed by atoms with Gasteiger partial charge in [0.15, 0.2) is 0 Å². The first-order chi connectivity index (χ1) is 13.8. The lowest BCUT2D eigenvalue weighted by atomic mass is 10.1. The van der Waals surface area contributed by atoms with E-state index in [2.05, 4.69) is 21.9 Å². The van der Waals surface area contributed by atoms with Crippen molar-refractivity contribution in [2.45, 2.75) is 54.9 Å². The molecule has 0 spiro atoms. The lowest BCUT2D eigenvalue weighted by Gasteiger charge is -2.23. The molecule has 3 unspecified atom stereocenters. The number of sulfonamides is 1. The highest BCUT2D eigenvalue weighted by Crippen LogP contribution is 2.48. The Morgan fingerprint density at radius 2 is 1.97 bits per heavy atom. The van der Waals surface area contributed by atoms with Gasteiger partial charge in [0.2, 0.25) is 15.9 Å². The first-order valence-corrected chi connectivity index (χ1v) is 11.6. The van der Waals surface area contributed by atoms with Crippen LogP contribution in [0.2, 0.25) is 0 Å². The van der Waals surface area contributed by atoms with Gasteiger partial charge in [-0.1, -0.05) is 36.4 Å². The monoisotopic (exact) mass is 417 g/mol. The number of hydrogen-bond donors (Lipinski definition) is 3. The molecule has 0 bridgehead atoms. The maximum absolute atomic E-state index is 13.1. The Morgan fingerprint density at radius 3 is 2.52 bits per heavy atom. The summed E-state index contributed by atoms with van der Waals surface area (Å²) in [4.78, 5) is 25.6. The van der Waals surface area contributed by atoms with Gasteiger partial charge in [-0.2, -0.15) is 0 Å². The van der Waals surface area contributed by atoms with Crippen molar-refractivity contribution < 1.29 is 18.0 Å². The van der Waals surface area contributed by atoms with Gasteiger partial charge in [-0.05, 0) is 50.6 Å². The quantitative estimate of drug-likeness (QED) is 0.548. The third kappa shape index (κ3) is 3.71. The molecule has 1 saturated heterocycles. The molecule has 2 aliphatic carbocycles. The summed E-state index contributed by atoms with van der Waals surface area (Å²) >= 11 is 0.